The van der Waals surface area contributed by atoms with Crippen molar-refractivity contribution in [1.29, 1.82) is 0 Å². The van der Waals surface area contributed by atoms with Gasteiger partial charge in [-0.3, -0.25) is 0 Å². The lowest BCUT2D eigenvalue weighted by Gasteiger charge is -2.12. The van der Waals surface area contributed by atoms with Gasteiger partial charge in [-0.2, -0.15) is 0 Å². The summed E-state index contributed by atoms with van der Waals surface area (Å²) in [5, 5.41) is 0. The number of benzene rings is 3. The van der Waals surface area contributed by atoms with Gasteiger partial charge in [0.2, 0.25) is 6.79 Å². The van der Waals surface area contributed by atoms with Crippen LogP contribution in [0.5, 0.6) is 23.0 Å². The number of hydrogen-bond acceptors (Lipinski definition) is 4. The molecule has 1 aliphatic heterocycles. The molecule has 26 heavy (non-hydrogen) atoms. The number of ether oxygens (including phenoxy) is 4. The fourth-order valence-electron chi connectivity index (χ4n) is 2.60. The van der Waals surface area contributed by atoms with E-state index in [1.165, 1.54) is 0 Å². The average molecular weight is 346 g/mol. The quantitative estimate of drug-likeness (QED) is 0.594. The van der Waals surface area contributed by atoms with Crippen molar-refractivity contribution in [2.24, 2.45) is 0 Å². The Hall–Kier alpha value is -3.40. The molecule has 0 spiro atoms. The molecule has 0 aromatic heterocycles. The fourth-order valence-corrected chi connectivity index (χ4v) is 2.60. The number of para-hydroxylation sites is 2. The van der Waals surface area contributed by atoms with Crippen LogP contribution in [0.15, 0.2) is 84.6 Å². The van der Waals surface area contributed by atoms with Crippen molar-refractivity contribution in [2.45, 2.75) is 0 Å². The maximum atomic E-state index is 6.02. The SMILES string of the molecule is C(=C(\COc1ccccc1)Oc1ccccc1)/c1ccc2c(c1)OCO2. The Kier molecular flexibility index (Phi) is 4.74. The van der Waals surface area contributed by atoms with Gasteiger partial charge in [0, 0.05) is 0 Å². The second-order valence-electron chi connectivity index (χ2n) is 5.74. The molecule has 3 aromatic carbocycles. The molecule has 0 unspecified atom stereocenters. The van der Waals surface area contributed by atoms with Crippen molar-refractivity contribution < 1.29 is 18.9 Å². The first-order chi connectivity index (χ1) is 12.9. The number of hydrogen-bond donors (Lipinski definition) is 0. The number of fused-ring (bicyclic) bond motifs is 1. The van der Waals surface area contributed by atoms with Gasteiger partial charge in [-0.25, -0.2) is 0 Å². The minimum atomic E-state index is 0.257. The first-order valence-corrected chi connectivity index (χ1v) is 8.38. The van der Waals surface area contributed by atoms with Crippen molar-refractivity contribution in [2.75, 3.05) is 13.4 Å². The first-order valence-electron chi connectivity index (χ1n) is 8.38. The van der Waals surface area contributed by atoms with Crippen LogP contribution in [0.4, 0.5) is 0 Å². The molecule has 0 aliphatic carbocycles. The lowest BCUT2D eigenvalue weighted by Crippen LogP contribution is -2.07. The summed E-state index contributed by atoms with van der Waals surface area (Å²) in [6.07, 6.45) is 1.94. The summed E-state index contributed by atoms with van der Waals surface area (Å²) in [5.41, 5.74) is 0.955. The van der Waals surface area contributed by atoms with E-state index < -0.39 is 0 Å². The van der Waals surface area contributed by atoms with Crippen LogP contribution in [0.2, 0.25) is 0 Å². The third kappa shape index (κ3) is 3.98. The average Bonchev–Trinajstić information content (AvgIpc) is 3.16. The molecule has 0 bridgehead atoms. The van der Waals surface area contributed by atoms with Gasteiger partial charge < -0.3 is 18.9 Å². The van der Waals surface area contributed by atoms with E-state index in [9.17, 15) is 0 Å². The zero-order valence-corrected chi connectivity index (χ0v) is 14.1. The van der Waals surface area contributed by atoms with Crippen molar-refractivity contribution in [3.63, 3.8) is 0 Å². The van der Waals surface area contributed by atoms with Crippen molar-refractivity contribution in [3.05, 3.63) is 90.2 Å². The van der Waals surface area contributed by atoms with Crippen molar-refractivity contribution in [1.82, 2.24) is 0 Å². The van der Waals surface area contributed by atoms with E-state index in [-0.39, 0.29) is 6.79 Å². The zero-order valence-electron chi connectivity index (χ0n) is 14.1. The summed E-state index contributed by atoms with van der Waals surface area (Å²) >= 11 is 0. The Morgan fingerprint density at radius 3 is 2.27 bits per heavy atom. The molecule has 0 fully saturated rings. The van der Waals surface area contributed by atoms with Crippen LogP contribution in [0.25, 0.3) is 6.08 Å². The lowest BCUT2D eigenvalue weighted by molar-refractivity contribution is 0.174. The highest BCUT2D eigenvalue weighted by atomic mass is 16.7. The van der Waals surface area contributed by atoms with Crippen LogP contribution >= 0.6 is 0 Å². The Labute approximate surface area is 152 Å². The van der Waals surface area contributed by atoms with E-state index in [0.717, 1.165) is 28.6 Å². The third-order valence-electron chi connectivity index (χ3n) is 3.84. The minimum Gasteiger partial charge on any atom is -0.486 e. The van der Waals surface area contributed by atoms with Crippen molar-refractivity contribution >= 4 is 6.08 Å². The molecule has 0 atom stereocenters. The molecule has 4 rings (SSSR count). The predicted octanol–water partition coefficient (Wildman–Crippen LogP) is 4.91. The van der Waals surface area contributed by atoms with Crippen LogP contribution in [0.1, 0.15) is 5.56 Å². The summed E-state index contributed by atoms with van der Waals surface area (Å²) in [7, 11) is 0. The highest BCUT2D eigenvalue weighted by molar-refractivity contribution is 5.58. The largest absolute Gasteiger partial charge is 0.486 e. The van der Waals surface area contributed by atoms with E-state index in [1.807, 2.05) is 84.9 Å². The topological polar surface area (TPSA) is 36.9 Å². The molecule has 4 nitrogen and oxygen atoms in total. The van der Waals surface area contributed by atoms with E-state index >= 15 is 0 Å². The summed E-state index contributed by atoms with van der Waals surface area (Å²) in [6.45, 7) is 0.570. The van der Waals surface area contributed by atoms with Gasteiger partial charge in [0.1, 0.15) is 23.9 Å². The van der Waals surface area contributed by atoms with Gasteiger partial charge in [-0.15, -0.1) is 0 Å². The minimum absolute atomic E-state index is 0.257. The van der Waals surface area contributed by atoms with Gasteiger partial charge >= 0.3 is 0 Å². The molecule has 0 amide bonds. The van der Waals surface area contributed by atoms with Crippen LogP contribution in [0.3, 0.4) is 0 Å². The Bertz CT molecular complexity index is 889. The van der Waals surface area contributed by atoms with Crippen LogP contribution < -0.4 is 18.9 Å². The van der Waals surface area contributed by atoms with Gasteiger partial charge in [0.15, 0.2) is 11.5 Å². The predicted molar refractivity (Wildman–Crippen MR) is 99.5 cm³/mol. The Balaban J connectivity index is 1.56. The molecule has 130 valence electrons. The molecule has 0 radical (unpaired) electrons. The molecule has 1 heterocycles. The second-order valence-corrected chi connectivity index (χ2v) is 5.74. The molecular formula is C22H18O4. The number of rotatable bonds is 6. The van der Waals surface area contributed by atoms with Crippen LogP contribution in [-0.2, 0) is 0 Å². The van der Waals surface area contributed by atoms with E-state index in [1.54, 1.807) is 0 Å². The normalized spacial score (nSPS) is 12.7. The summed E-state index contributed by atoms with van der Waals surface area (Å²) in [4.78, 5) is 0. The maximum absolute atomic E-state index is 6.02. The molecule has 0 saturated carbocycles. The van der Waals surface area contributed by atoms with Crippen molar-refractivity contribution in [3.8, 4) is 23.0 Å². The van der Waals surface area contributed by atoms with Gasteiger partial charge in [-0.1, -0.05) is 42.5 Å². The summed E-state index contributed by atoms with van der Waals surface area (Å²) in [6, 6.07) is 25.1. The summed E-state index contributed by atoms with van der Waals surface area (Å²) < 4.78 is 22.7. The standard InChI is InChI=1S/C22H18O4/c1-3-7-18(8-4-1)23-15-20(26-19-9-5-2-6-10-19)13-17-11-12-21-22(14-17)25-16-24-21/h1-14H,15-16H2/b20-13-. The van der Waals surface area contributed by atoms with Crippen LogP contribution in [0, 0.1) is 0 Å². The van der Waals surface area contributed by atoms with Gasteiger partial charge in [0.25, 0.3) is 0 Å². The molecule has 4 heteroatoms. The van der Waals surface area contributed by atoms with E-state index in [4.69, 9.17) is 18.9 Å². The first kappa shape index (κ1) is 16.1. The molecule has 1 aliphatic rings. The summed E-state index contributed by atoms with van der Waals surface area (Å²) in [5.74, 6) is 3.74. The van der Waals surface area contributed by atoms with E-state index in [0.29, 0.717) is 12.4 Å². The van der Waals surface area contributed by atoms with Gasteiger partial charge in [-0.05, 0) is 48.0 Å². The second kappa shape index (κ2) is 7.66. The molecule has 3 aromatic rings. The lowest BCUT2D eigenvalue weighted by atomic mass is 10.2. The molecule has 0 saturated heterocycles. The molecule has 0 N–H and O–H groups in total. The Morgan fingerprint density at radius 2 is 1.50 bits per heavy atom. The highest BCUT2D eigenvalue weighted by Crippen LogP contribution is 2.33. The zero-order chi connectivity index (χ0) is 17.6. The van der Waals surface area contributed by atoms with E-state index in [2.05, 4.69) is 0 Å². The van der Waals surface area contributed by atoms with Gasteiger partial charge in [0.05, 0.1) is 0 Å². The highest BCUT2D eigenvalue weighted by Gasteiger charge is 2.13. The Morgan fingerprint density at radius 1 is 0.808 bits per heavy atom. The molecular weight excluding hydrogens is 328 g/mol. The monoisotopic (exact) mass is 346 g/mol. The third-order valence-corrected chi connectivity index (χ3v) is 3.84. The fraction of sp³-hybridized carbons (Fsp3) is 0.0909. The maximum Gasteiger partial charge on any atom is 0.231 e. The smallest absolute Gasteiger partial charge is 0.231 e. The van der Waals surface area contributed by atoms with Crippen LogP contribution in [-0.4, -0.2) is 13.4 Å².